The molecule has 1 amide bonds. The number of aromatic nitrogens is 2. The van der Waals surface area contributed by atoms with Gasteiger partial charge in [-0.05, 0) is 25.0 Å². The molecule has 3 rings (SSSR count). The third kappa shape index (κ3) is 3.10. The molecule has 1 fully saturated rings. The lowest BCUT2D eigenvalue weighted by Crippen LogP contribution is -2.40. The Morgan fingerprint density at radius 1 is 1.29 bits per heavy atom. The average molecular weight is 329 g/mol. The number of hydrogen-bond donors (Lipinski definition) is 2. The van der Waals surface area contributed by atoms with Crippen molar-refractivity contribution >= 4 is 11.9 Å². The molecule has 1 saturated carbocycles. The van der Waals surface area contributed by atoms with Crippen LogP contribution in [0, 0.1) is 5.92 Å². The number of nitrogens with zero attached hydrogens (tertiary/aromatic N) is 2. The van der Waals surface area contributed by atoms with Crippen molar-refractivity contribution in [2.45, 2.75) is 25.3 Å². The SMILES string of the molecule is COc1cn(-c2ccccc2)nc1C(=O)N[C@@H]1CCC[C@@H]1C(=O)O. The van der Waals surface area contributed by atoms with Gasteiger partial charge < -0.3 is 15.2 Å². The van der Waals surface area contributed by atoms with Gasteiger partial charge in [0.2, 0.25) is 0 Å². The van der Waals surface area contributed by atoms with Crippen LogP contribution < -0.4 is 10.1 Å². The van der Waals surface area contributed by atoms with Crippen LogP contribution >= 0.6 is 0 Å². The molecular formula is C17H19N3O4. The molecule has 2 atom stereocenters. The van der Waals surface area contributed by atoms with Gasteiger partial charge in [0, 0.05) is 6.04 Å². The standard InChI is InChI=1S/C17H19N3O4/c1-24-14-10-20(11-6-3-2-4-7-11)19-15(14)16(21)18-13-9-5-8-12(13)17(22)23/h2-4,6-7,10,12-13H,5,8-9H2,1H3,(H,18,21)(H,22,23)/t12-,13+/m0/s1. The number of ether oxygens (including phenoxy) is 1. The van der Waals surface area contributed by atoms with Crippen molar-refractivity contribution in [2.24, 2.45) is 5.92 Å². The molecule has 0 unspecified atom stereocenters. The Balaban J connectivity index is 1.82. The third-order valence-corrected chi connectivity index (χ3v) is 4.29. The maximum Gasteiger partial charge on any atom is 0.308 e. The van der Waals surface area contributed by atoms with E-state index in [0.29, 0.717) is 18.6 Å². The van der Waals surface area contributed by atoms with Crippen molar-refractivity contribution < 1.29 is 19.4 Å². The van der Waals surface area contributed by atoms with Crippen LogP contribution in [0.5, 0.6) is 5.75 Å². The number of methoxy groups -OCH3 is 1. The second-order valence-electron chi connectivity index (χ2n) is 5.78. The number of carboxylic acid groups (broad SMARTS) is 1. The van der Waals surface area contributed by atoms with Gasteiger partial charge in [0.15, 0.2) is 11.4 Å². The van der Waals surface area contributed by atoms with Gasteiger partial charge in [-0.1, -0.05) is 24.6 Å². The van der Waals surface area contributed by atoms with E-state index in [-0.39, 0.29) is 11.7 Å². The van der Waals surface area contributed by atoms with Crippen LogP contribution in [0.25, 0.3) is 5.69 Å². The highest BCUT2D eigenvalue weighted by Gasteiger charge is 2.35. The molecule has 1 aromatic heterocycles. The molecule has 1 aliphatic rings. The van der Waals surface area contributed by atoms with Crippen LogP contribution in [-0.2, 0) is 4.79 Å². The predicted octanol–water partition coefficient (Wildman–Crippen LogP) is 1.86. The largest absolute Gasteiger partial charge is 0.493 e. The smallest absolute Gasteiger partial charge is 0.308 e. The Bertz CT molecular complexity index is 742. The molecule has 2 N–H and O–H groups in total. The lowest BCUT2D eigenvalue weighted by atomic mass is 10.0. The maximum atomic E-state index is 12.5. The van der Waals surface area contributed by atoms with Gasteiger partial charge >= 0.3 is 5.97 Å². The molecule has 0 saturated heterocycles. The summed E-state index contributed by atoms with van der Waals surface area (Å²) in [6.07, 6.45) is 3.66. The van der Waals surface area contributed by atoms with E-state index < -0.39 is 17.8 Å². The number of nitrogens with one attached hydrogen (secondary N) is 1. The van der Waals surface area contributed by atoms with E-state index in [1.165, 1.54) is 7.11 Å². The lowest BCUT2D eigenvalue weighted by Gasteiger charge is -2.17. The average Bonchev–Trinajstić information content (AvgIpc) is 3.22. The highest BCUT2D eigenvalue weighted by molar-refractivity contribution is 5.95. The van der Waals surface area contributed by atoms with Crippen LogP contribution in [0.15, 0.2) is 36.5 Å². The Kier molecular flexibility index (Phi) is 4.50. The van der Waals surface area contributed by atoms with E-state index in [0.717, 1.165) is 12.1 Å². The Morgan fingerprint density at radius 3 is 2.71 bits per heavy atom. The summed E-state index contributed by atoms with van der Waals surface area (Å²) in [6.45, 7) is 0. The highest BCUT2D eigenvalue weighted by atomic mass is 16.5. The van der Waals surface area contributed by atoms with Crippen LogP contribution in [-0.4, -0.2) is 39.9 Å². The van der Waals surface area contributed by atoms with Crippen molar-refractivity contribution in [1.29, 1.82) is 0 Å². The Hall–Kier alpha value is -2.83. The topological polar surface area (TPSA) is 93.5 Å². The van der Waals surface area contributed by atoms with Crippen LogP contribution in [0.4, 0.5) is 0 Å². The summed E-state index contributed by atoms with van der Waals surface area (Å²) in [7, 11) is 1.47. The van der Waals surface area contributed by atoms with Gasteiger partial charge in [-0.25, -0.2) is 4.68 Å². The summed E-state index contributed by atoms with van der Waals surface area (Å²) in [6, 6.07) is 9.00. The van der Waals surface area contributed by atoms with Gasteiger partial charge in [0.05, 0.1) is 24.9 Å². The quantitative estimate of drug-likeness (QED) is 0.873. The lowest BCUT2D eigenvalue weighted by molar-refractivity contribution is -0.142. The minimum Gasteiger partial charge on any atom is -0.493 e. The van der Waals surface area contributed by atoms with Gasteiger partial charge in [-0.3, -0.25) is 9.59 Å². The van der Waals surface area contributed by atoms with E-state index in [4.69, 9.17) is 4.74 Å². The van der Waals surface area contributed by atoms with Crippen LogP contribution in [0.2, 0.25) is 0 Å². The number of para-hydroxylation sites is 1. The first-order chi connectivity index (χ1) is 11.6. The number of amides is 1. The number of aliphatic carboxylic acids is 1. The fraction of sp³-hybridized carbons (Fsp3) is 0.353. The summed E-state index contributed by atoms with van der Waals surface area (Å²) in [5.41, 5.74) is 0.955. The number of carbonyl (C=O) groups is 2. The fourth-order valence-electron chi connectivity index (χ4n) is 3.04. The monoisotopic (exact) mass is 329 g/mol. The molecule has 24 heavy (non-hydrogen) atoms. The predicted molar refractivity (Wildman–Crippen MR) is 86.3 cm³/mol. The molecule has 7 heteroatoms. The van der Waals surface area contributed by atoms with Crippen LogP contribution in [0.1, 0.15) is 29.8 Å². The van der Waals surface area contributed by atoms with E-state index >= 15 is 0 Å². The van der Waals surface area contributed by atoms with Crippen molar-refractivity contribution in [3.8, 4) is 11.4 Å². The zero-order valence-electron chi connectivity index (χ0n) is 13.3. The number of carboxylic acids is 1. The number of rotatable bonds is 5. The zero-order valence-corrected chi connectivity index (χ0v) is 13.3. The maximum absolute atomic E-state index is 12.5. The highest BCUT2D eigenvalue weighted by Crippen LogP contribution is 2.27. The summed E-state index contributed by atoms with van der Waals surface area (Å²) in [5.74, 6) is -1.49. The number of benzene rings is 1. The van der Waals surface area contributed by atoms with E-state index in [1.54, 1.807) is 10.9 Å². The zero-order chi connectivity index (χ0) is 17.1. The summed E-state index contributed by atoms with van der Waals surface area (Å²) < 4.78 is 6.81. The van der Waals surface area contributed by atoms with E-state index in [9.17, 15) is 14.7 Å². The van der Waals surface area contributed by atoms with E-state index in [2.05, 4.69) is 10.4 Å². The number of carbonyl (C=O) groups excluding carboxylic acids is 1. The molecule has 1 aliphatic carbocycles. The minimum atomic E-state index is -0.875. The van der Waals surface area contributed by atoms with Crippen molar-refractivity contribution in [3.05, 3.63) is 42.2 Å². The summed E-state index contributed by atoms with van der Waals surface area (Å²) >= 11 is 0. The van der Waals surface area contributed by atoms with Gasteiger partial charge in [-0.15, -0.1) is 0 Å². The first kappa shape index (κ1) is 16.0. The van der Waals surface area contributed by atoms with Crippen molar-refractivity contribution in [2.75, 3.05) is 7.11 Å². The molecule has 7 nitrogen and oxygen atoms in total. The third-order valence-electron chi connectivity index (χ3n) is 4.29. The second-order valence-corrected chi connectivity index (χ2v) is 5.78. The number of hydrogen-bond acceptors (Lipinski definition) is 4. The summed E-state index contributed by atoms with van der Waals surface area (Å²) in [5, 5.41) is 16.3. The minimum absolute atomic E-state index is 0.150. The molecule has 1 aromatic carbocycles. The van der Waals surface area contributed by atoms with Gasteiger partial charge in [0.25, 0.3) is 5.91 Å². The normalized spacial score (nSPS) is 19.9. The van der Waals surface area contributed by atoms with Crippen molar-refractivity contribution in [1.82, 2.24) is 15.1 Å². The second kappa shape index (κ2) is 6.74. The first-order valence-corrected chi connectivity index (χ1v) is 7.83. The van der Waals surface area contributed by atoms with Gasteiger partial charge in [0.1, 0.15) is 0 Å². The summed E-state index contributed by atoms with van der Waals surface area (Å²) in [4.78, 5) is 23.8. The molecule has 0 radical (unpaired) electrons. The van der Waals surface area contributed by atoms with Crippen molar-refractivity contribution in [3.63, 3.8) is 0 Å². The Morgan fingerprint density at radius 2 is 2.04 bits per heavy atom. The molecule has 0 bridgehead atoms. The first-order valence-electron chi connectivity index (χ1n) is 7.83. The van der Waals surface area contributed by atoms with Crippen LogP contribution in [0.3, 0.4) is 0 Å². The molecule has 126 valence electrons. The molecule has 0 aliphatic heterocycles. The van der Waals surface area contributed by atoms with Gasteiger partial charge in [-0.2, -0.15) is 5.10 Å². The Labute approximate surface area is 139 Å². The fourth-order valence-corrected chi connectivity index (χ4v) is 3.04. The molecular weight excluding hydrogens is 310 g/mol. The molecule has 1 heterocycles. The molecule has 0 spiro atoms. The molecule has 2 aromatic rings. The van der Waals surface area contributed by atoms with E-state index in [1.807, 2.05) is 30.3 Å².